The van der Waals surface area contributed by atoms with Crippen molar-refractivity contribution in [2.24, 2.45) is 0 Å². The minimum absolute atomic E-state index is 0.00214. The number of rotatable bonds is 5. The van der Waals surface area contributed by atoms with Crippen LogP contribution >= 0.6 is 11.3 Å². The van der Waals surface area contributed by atoms with Gasteiger partial charge in [0.1, 0.15) is 0 Å². The van der Waals surface area contributed by atoms with Crippen molar-refractivity contribution >= 4 is 28.8 Å². The zero-order valence-electron chi connectivity index (χ0n) is 16.6. The lowest BCUT2D eigenvalue weighted by molar-refractivity contribution is -0.116. The Morgan fingerprint density at radius 2 is 1.61 bits per heavy atom. The monoisotopic (exact) mass is 392 g/mol. The number of nitrogens with one attached hydrogen (secondary N) is 1. The number of likely N-dealkylation sites (N-methyl/N-ethyl adjacent to an activating group) is 1. The van der Waals surface area contributed by atoms with E-state index in [4.69, 9.17) is 0 Å². The van der Waals surface area contributed by atoms with Gasteiger partial charge in [-0.3, -0.25) is 9.59 Å². The summed E-state index contributed by atoms with van der Waals surface area (Å²) in [6.07, 6.45) is 0. The highest BCUT2D eigenvalue weighted by molar-refractivity contribution is 7.12. The highest BCUT2D eigenvalue weighted by atomic mass is 32.1. The van der Waals surface area contributed by atoms with Gasteiger partial charge in [0.15, 0.2) is 0 Å². The van der Waals surface area contributed by atoms with Crippen LogP contribution in [0.15, 0.2) is 53.9 Å². The quantitative estimate of drug-likeness (QED) is 0.660. The molecule has 0 fully saturated rings. The first-order valence-corrected chi connectivity index (χ1v) is 10.0. The number of hydrogen-bond acceptors (Lipinski definition) is 3. The Hall–Kier alpha value is -2.92. The van der Waals surface area contributed by atoms with Crippen LogP contribution in [0.3, 0.4) is 0 Å². The molecule has 0 aliphatic rings. The topological polar surface area (TPSA) is 49.4 Å². The van der Waals surface area contributed by atoms with Crippen molar-refractivity contribution in [2.75, 3.05) is 18.9 Å². The van der Waals surface area contributed by atoms with E-state index in [1.165, 1.54) is 21.8 Å². The van der Waals surface area contributed by atoms with Gasteiger partial charge in [-0.25, -0.2) is 0 Å². The molecule has 0 saturated heterocycles. The number of benzene rings is 2. The molecule has 2 amide bonds. The number of anilines is 1. The lowest BCUT2D eigenvalue weighted by Gasteiger charge is -2.18. The van der Waals surface area contributed by atoms with Crippen LogP contribution in [0.25, 0.3) is 11.1 Å². The van der Waals surface area contributed by atoms with E-state index in [0.717, 1.165) is 27.9 Å². The number of para-hydroxylation sites is 1. The molecule has 3 rings (SSSR count). The predicted octanol–water partition coefficient (Wildman–Crippen LogP) is 5.05. The Morgan fingerprint density at radius 3 is 2.25 bits per heavy atom. The fourth-order valence-corrected chi connectivity index (χ4v) is 4.00. The average molecular weight is 393 g/mol. The summed E-state index contributed by atoms with van der Waals surface area (Å²) >= 11 is 1.40. The van der Waals surface area contributed by atoms with E-state index in [9.17, 15) is 9.59 Å². The van der Waals surface area contributed by atoms with E-state index in [2.05, 4.69) is 5.32 Å². The van der Waals surface area contributed by atoms with Crippen LogP contribution < -0.4 is 5.32 Å². The van der Waals surface area contributed by atoms with E-state index in [1.807, 2.05) is 74.7 Å². The highest BCUT2D eigenvalue weighted by Gasteiger charge is 2.20. The molecular formula is C23H24N2O2S. The largest absolute Gasteiger partial charge is 0.332 e. The summed E-state index contributed by atoms with van der Waals surface area (Å²) in [6.45, 7) is 5.94. The lowest BCUT2D eigenvalue weighted by Crippen LogP contribution is -2.35. The maximum Gasteiger partial charge on any atom is 0.264 e. The summed E-state index contributed by atoms with van der Waals surface area (Å²) in [5.41, 5.74) is 5.89. The molecule has 0 spiro atoms. The summed E-state index contributed by atoms with van der Waals surface area (Å²) in [7, 11) is 1.66. The molecule has 0 bridgehead atoms. The second-order valence-corrected chi connectivity index (χ2v) is 7.92. The van der Waals surface area contributed by atoms with Gasteiger partial charge < -0.3 is 10.2 Å². The molecular weight excluding hydrogens is 368 g/mol. The molecule has 0 aliphatic carbocycles. The Morgan fingerprint density at radius 1 is 0.964 bits per heavy atom. The lowest BCUT2D eigenvalue weighted by atomic mass is 10.0. The van der Waals surface area contributed by atoms with E-state index in [-0.39, 0.29) is 18.4 Å². The van der Waals surface area contributed by atoms with Gasteiger partial charge in [0.05, 0.1) is 11.4 Å². The summed E-state index contributed by atoms with van der Waals surface area (Å²) < 4.78 is 0. The number of carbonyl (C=O) groups is 2. The van der Waals surface area contributed by atoms with Gasteiger partial charge in [0.2, 0.25) is 5.91 Å². The SMILES string of the molecule is Cc1ccc(-c2ccsc2C(=O)N(C)CC(=O)Nc2c(C)cccc2C)cc1. The second-order valence-electron chi connectivity index (χ2n) is 7.01. The van der Waals surface area contributed by atoms with Crippen LogP contribution in [0.1, 0.15) is 26.4 Å². The molecule has 2 aromatic carbocycles. The minimum Gasteiger partial charge on any atom is -0.332 e. The molecule has 1 aromatic heterocycles. The molecule has 0 aliphatic heterocycles. The van der Waals surface area contributed by atoms with Gasteiger partial charge in [0.25, 0.3) is 5.91 Å². The van der Waals surface area contributed by atoms with E-state index >= 15 is 0 Å². The van der Waals surface area contributed by atoms with Crippen molar-refractivity contribution in [3.63, 3.8) is 0 Å². The highest BCUT2D eigenvalue weighted by Crippen LogP contribution is 2.29. The van der Waals surface area contributed by atoms with E-state index in [1.54, 1.807) is 7.05 Å². The van der Waals surface area contributed by atoms with Crippen LogP contribution in [-0.4, -0.2) is 30.3 Å². The van der Waals surface area contributed by atoms with Gasteiger partial charge >= 0.3 is 0 Å². The van der Waals surface area contributed by atoms with Crippen LogP contribution in [-0.2, 0) is 4.79 Å². The zero-order valence-corrected chi connectivity index (χ0v) is 17.4. The van der Waals surface area contributed by atoms with E-state index in [0.29, 0.717) is 4.88 Å². The summed E-state index contributed by atoms with van der Waals surface area (Å²) in [5, 5.41) is 4.84. The Balaban J connectivity index is 1.72. The number of thiophene rings is 1. The first-order chi connectivity index (χ1) is 13.4. The Bertz CT molecular complexity index is 985. The Kier molecular flexibility index (Phi) is 5.95. The maximum atomic E-state index is 12.9. The third-order valence-corrected chi connectivity index (χ3v) is 5.60. The molecule has 1 N–H and O–H groups in total. The number of nitrogens with zero attached hydrogens (tertiary/aromatic N) is 1. The molecule has 0 saturated carbocycles. The van der Waals surface area contributed by atoms with Crippen molar-refractivity contribution in [1.29, 1.82) is 0 Å². The Labute approximate surface area is 169 Å². The number of aryl methyl sites for hydroxylation is 3. The molecule has 0 unspecified atom stereocenters. The van der Waals surface area contributed by atoms with Crippen LogP contribution in [0, 0.1) is 20.8 Å². The smallest absolute Gasteiger partial charge is 0.264 e. The van der Waals surface area contributed by atoms with Crippen molar-refractivity contribution in [3.05, 3.63) is 75.5 Å². The number of hydrogen-bond donors (Lipinski definition) is 1. The molecule has 0 radical (unpaired) electrons. The minimum atomic E-state index is -0.207. The fraction of sp³-hybridized carbons (Fsp3) is 0.217. The van der Waals surface area contributed by atoms with Gasteiger partial charge in [-0.1, -0.05) is 48.0 Å². The molecule has 0 atom stereocenters. The number of carbonyl (C=O) groups excluding carboxylic acids is 2. The van der Waals surface area contributed by atoms with Gasteiger partial charge in [-0.05, 0) is 48.9 Å². The molecule has 3 aromatic rings. The first-order valence-electron chi connectivity index (χ1n) is 9.13. The van der Waals surface area contributed by atoms with E-state index < -0.39 is 0 Å². The van der Waals surface area contributed by atoms with Crippen molar-refractivity contribution in [3.8, 4) is 11.1 Å². The number of amides is 2. The maximum absolute atomic E-state index is 12.9. The van der Waals surface area contributed by atoms with Crippen LogP contribution in [0.5, 0.6) is 0 Å². The third-order valence-electron chi connectivity index (χ3n) is 4.70. The molecule has 5 heteroatoms. The van der Waals surface area contributed by atoms with Crippen molar-refractivity contribution < 1.29 is 9.59 Å². The first kappa shape index (κ1) is 19.8. The molecule has 144 valence electrons. The molecule has 4 nitrogen and oxygen atoms in total. The third kappa shape index (κ3) is 4.31. The zero-order chi connectivity index (χ0) is 20.3. The molecule has 28 heavy (non-hydrogen) atoms. The summed E-state index contributed by atoms with van der Waals surface area (Å²) in [6, 6.07) is 15.9. The summed E-state index contributed by atoms with van der Waals surface area (Å²) in [4.78, 5) is 27.5. The second kappa shape index (κ2) is 8.40. The normalized spacial score (nSPS) is 10.6. The van der Waals surface area contributed by atoms with Gasteiger partial charge in [-0.2, -0.15) is 0 Å². The van der Waals surface area contributed by atoms with Crippen molar-refractivity contribution in [1.82, 2.24) is 4.90 Å². The van der Waals surface area contributed by atoms with Gasteiger partial charge in [-0.15, -0.1) is 11.3 Å². The fourth-order valence-electron chi connectivity index (χ4n) is 3.09. The predicted molar refractivity (Wildman–Crippen MR) is 116 cm³/mol. The van der Waals surface area contributed by atoms with Gasteiger partial charge in [0, 0.05) is 18.3 Å². The standard InChI is InChI=1S/C23H24N2O2S/c1-15-8-10-18(11-9-15)19-12-13-28-22(19)23(27)25(4)14-20(26)24-21-16(2)6-5-7-17(21)3/h5-13H,14H2,1-4H3,(H,24,26). The van der Waals surface area contributed by atoms with Crippen LogP contribution in [0.2, 0.25) is 0 Å². The van der Waals surface area contributed by atoms with Crippen LogP contribution in [0.4, 0.5) is 5.69 Å². The van der Waals surface area contributed by atoms with Crippen molar-refractivity contribution in [2.45, 2.75) is 20.8 Å². The molecule has 1 heterocycles. The summed E-state index contributed by atoms with van der Waals surface area (Å²) in [5.74, 6) is -0.357. The average Bonchev–Trinajstić information content (AvgIpc) is 3.14.